The van der Waals surface area contributed by atoms with Crippen molar-refractivity contribution in [1.29, 1.82) is 0 Å². The van der Waals surface area contributed by atoms with E-state index in [0.717, 1.165) is 0 Å². The molecule has 0 fully saturated rings. The number of benzene rings is 1. The molecule has 1 nitrogen and oxygen atoms in total. The number of hydrogen-bond donors (Lipinski definition) is 0. The Morgan fingerprint density at radius 3 is 3.00 bits per heavy atom. The van der Waals surface area contributed by atoms with Gasteiger partial charge >= 0.3 is 0 Å². The summed E-state index contributed by atoms with van der Waals surface area (Å²) in [7, 11) is 0. The molecule has 1 aromatic rings. The maximum absolute atomic E-state index is 13.5. The SMILES string of the molecule is CC1CC(=O)c2c(Cl)ccc(F)c2CS1. The van der Waals surface area contributed by atoms with Crippen molar-refractivity contribution in [3.8, 4) is 0 Å². The van der Waals surface area contributed by atoms with E-state index in [2.05, 4.69) is 0 Å². The lowest BCUT2D eigenvalue weighted by atomic mass is 10.0. The van der Waals surface area contributed by atoms with Gasteiger partial charge in [0.1, 0.15) is 5.82 Å². The molecule has 0 saturated carbocycles. The Kier molecular flexibility index (Phi) is 3.03. The molecule has 1 unspecified atom stereocenters. The minimum Gasteiger partial charge on any atom is -0.294 e. The van der Waals surface area contributed by atoms with Crippen molar-refractivity contribution in [2.75, 3.05) is 0 Å². The number of hydrogen-bond acceptors (Lipinski definition) is 2. The molecule has 0 aromatic heterocycles. The van der Waals surface area contributed by atoms with Crippen molar-refractivity contribution in [2.45, 2.75) is 24.3 Å². The lowest BCUT2D eigenvalue weighted by Crippen LogP contribution is -2.06. The average molecular weight is 245 g/mol. The fourth-order valence-electron chi connectivity index (χ4n) is 1.68. The standard InChI is InChI=1S/C11H10ClFOS/c1-6-4-10(14)11-7(5-15-6)9(13)3-2-8(11)12/h2-3,6H,4-5H2,1H3. The fraction of sp³-hybridized carbons (Fsp3) is 0.364. The topological polar surface area (TPSA) is 17.1 Å². The van der Waals surface area contributed by atoms with Gasteiger partial charge in [-0.3, -0.25) is 4.79 Å². The van der Waals surface area contributed by atoms with Crippen LogP contribution < -0.4 is 0 Å². The maximum atomic E-state index is 13.5. The van der Waals surface area contributed by atoms with Gasteiger partial charge in [-0.2, -0.15) is 11.8 Å². The zero-order chi connectivity index (χ0) is 11.0. The van der Waals surface area contributed by atoms with E-state index < -0.39 is 0 Å². The number of ketones is 1. The lowest BCUT2D eigenvalue weighted by molar-refractivity contribution is 0.0983. The molecule has 1 aliphatic rings. The van der Waals surface area contributed by atoms with E-state index in [1.165, 1.54) is 12.1 Å². The van der Waals surface area contributed by atoms with Crippen LogP contribution in [0.25, 0.3) is 0 Å². The van der Waals surface area contributed by atoms with Crippen molar-refractivity contribution in [3.63, 3.8) is 0 Å². The molecule has 0 bridgehead atoms. The predicted molar refractivity (Wildman–Crippen MR) is 61.1 cm³/mol. The highest BCUT2D eigenvalue weighted by Crippen LogP contribution is 2.33. The minimum atomic E-state index is -0.329. The molecule has 1 aromatic carbocycles. The number of carbonyl (C=O) groups is 1. The number of carbonyl (C=O) groups excluding carboxylic acids is 1. The molecule has 1 atom stereocenters. The summed E-state index contributed by atoms with van der Waals surface area (Å²) >= 11 is 7.52. The first-order valence-corrected chi connectivity index (χ1v) is 6.14. The van der Waals surface area contributed by atoms with Crippen LogP contribution in [0.4, 0.5) is 4.39 Å². The molecule has 4 heteroatoms. The van der Waals surface area contributed by atoms with Crippen LogP contribution in [0.5, 0.6) is 0 Å². The van der Waals surface area contributed by atoms with Crippen LogP contribution in [-0.4, -0.2) is 11.0 Å². The van der Waals surface area contributed by atoms with Crippen LogP contribution in [0, 0.1) is 5.82 Å². The first-order valence-electron chi connectivity index (χ1n) is 4.71. The van der Waals surface area contributed by atoms with Crippen molar-refractivity contribution < 1.29 is 9.18 Å². The van der Waals surface area contributed by atoms with E-state index in [-0.39, 0.29) is 16.9 Å². The molecule has 0 amide bonds. The van der Waals surface area contributed by atoms with Crippen LogP contribution in [0.15, 0.2) is 12.1 Å². The van der Waals surface area contributed by atoms with Gasteiger partial charge in [-0.25, -0.2) is 4.39 Å². The number of halogens is 2. The molecular weight excluding hydrogens is 235 g/mol. The van der Waals surface area contributed by atoms with Crippen LogP contribution in [0.1, 0.15) is 29.3 Å². The van der Waals surface area contributed by atoms with E-state index in [0.29, 0.717) is 28.3 Å². The molecule has 15 heavy (non-hydrogen) atoms. The van der Waals surface area contributed by atoms with E-state index >= 15 is 0 Å². The second-order valence-corrected chi connectivity index (χ2v) is 5.47. The van der Waals surface area contributed by atoms with Gasteiger partial charge in [0.25, 0.3) is 0 Å². The van der Waals surface area contributed by atoms with Gasteiger partial charge < -0.3 is 0 Å². The zero-order valence-electron chi connectivity index (χ0n) is 8.22. The van der Waals surface area contributed by atoms with Crippen molar-refractivity contribution in [3.05, 3.63) is 34.1 Å². The molecule has 80 valence electrons. The summed E-state index contributed by atoms with van der Waals surface area (Å²) in [6.45, 7) is 1.97. The minimum absolute atomic E-state index is 0.0491. The number of rotatable bonds is 0. The largest absolute Gasteiger partial charge is 0.294 e. The Labute approximate surface area is 97.0 Å². The molecule has 0 N–H and O–H groups in total. The summed E-state index contributed by atoms with van der Waals surface area (Å²) in [5, 5.41) is 0.589. The Bertz CT molecular complexity index is 419. The van der Waals surface area contributed by atoms with Gasteiger partial charge in [-0.05, 0) is 12.1 Å². The van der Waals surface area contributed by atoms with E-state index in [9.17, 15) is 9.18 Å². The highest BCUT2D eigenvalue weighted by atomic mass is 35.5. The van der Waals surface area contributed by atoms with Gasteiger partial charge in [0.05, 0.1) is 5.02 Å². The molecule has 0 radical (unpaired) electrons. The Morgan fingerprint density at radius 2 is 2.27 bits per heavy atom. The normalized spacial score (nSPS) is 21.0. The van der Waals surface area contributed by atoms with Gasteiger partial charge in [-0.15, -0.1) is 0 Å². The third kappa shape index (κ3) is 2.04. The van der Waals surface area contributed by atoms with Crippen LogP contribution in [0.2, 0.25) is 5.02 Å². The molecule has 1 aliphatic heterocycles. The summed E-state index contributed by atoms with van der Waals surface area (Å²) < 4.78 is 13.5. The van der Waals surface area contributed by atoms with Gasteiger partial charge in [0, 0.05) is 28.6 Å². The summed E-state index contributed by atoms with van der Waals surface area (Å²) in [5.41, 5.74) is 0.843. The second-order valence-electron chi connectivity index (χ2n) is 3.63. The number of Topliss-reactive ketones (excluding diaryl/α,β-unsaturated/α-hetero) is 1. The summed E-state index contributed by atoms with van der Waals surface area (Å²) in [6, 6.07) is 2.78. The van der Waals surface area contributed by atoms with E-state index in [1.807, 2.05) is 6.92 Å². The summed E-state index contributed by atoms with van der Waals surface area (Å²) in [4.78, 5) is 11.8. The van der Waals surface area contributed by atoms with Gasteiger partial charge in [-0.1, -0.05) is 18.5 Å². The molecule has 0 aliphatic carbocycles. The van der Waals surface area contributed by atoms with Crippen molar-refractivity contribution in [1.82, 2.24) is 0 Å². The Balaban J connectivity index is 2.57. The number of fused-ring (bicyclic) bond motifs is 1. The third-order valence-corrected chi connectivity index (χ3v) is 3.97. The van der Waals surface area contributed by atoms with Crippen molar-refractivity contribution >= 4 is 29.1 Å². The zero-order valence-corrected chi connectivity index (χ0v) is 9.79. The van der Waals surface area contributed by atoms with Crippen LogP contribution in [-0.2, 0) is 5.75 Å². The maximum Gasteiger partial charge on any atom is 0.165 e. The highest BCUT2D eigenvalue weighted by molar-refractivity contribution is 7.99. The van der Waals surface area contributed by atoms with Gasteiger partial charge in [0.2, 0.25) is 0 Å². The first kappa shape index (κ1) is 11.0. The van der Waals surface area contributed by atoms with E-state index in [1.54, 1.807) is 11.8 Å². The van der Waals surface area contributed by atoms with Crippen LogP contribution in [0.3, 0.4) is 0 Å². The summed E-state index contributed by atoms with van der Waals surface area (Å²) in [5.74, 6) is 0.144. The molecule has 1 heterocycles. The molecular formula is C11H10ClFOS. The lowest BCUT2D eigenvalue weighted by Gasteiger charge is -2.06. The van der Waals surface area contributed by atoms with Gasteiger partial charge in [0.15, 0.2) is 5.78 Å². The predicted octanol–water partition coefficient (Wildman–Crippen LogP) is 3.69. The molecule has 2 rings (SSSR count). The second kappa shape index (κ2) is 4.14. The third-order valence-electron chi connectivity index (χ3n) is 2.47. The fourth-order valence-corrected chi connectivity index (χ4v) is 2.97. The molecule has 0 spiro atoms. The van der Waals surface area contributed by atoms with Crippen LogP contribution >= 0.6 is 23.4 Å². The quantitative estimate of drug-likeness (QED) is 0.693. The average Bonchev–Trinajstić information content (AvgIpc) is 2.32. The Hall–Kier alpha value is -0.540. The number of thioether (sulfide) groups is 1. The monoisotopic (exact) mass is 244 g/mol. The first-order chi connectivity index (χ1) is 7.09. The van der Waals surface area contributed by atoms with E-state index in [4.69, 9.17) is 11.6 Å². The Morgan fingerprint density at radius 1 is 1.53 bits per heavy atom. The summed E-state index contributed by atoms with van der Waals surface area (Å²) in [6.07, 6.45) is 0.431. The van der Waals surface area contributed by atoms with Crippen molar-refractivity contribution in [2.24, 2.45) is 0 Å². The smallest absolute Gasteiger partial charge is 0.165 e. The molecule has 0 saturated heterocycles. The highest BCUT2D eigenvalue weighted by Gasteiger charge is 2.24.